The van der Waals surface area contributed by atoms with Gasteiger partial charge in [-0.3, -0.25) is 4.79 Å². The van der Waals surface area contributed by atoms with Crippen LogP contribution in [0.5, 0.6) is 5.75 Å². The Morgan fingerprint density at radius 3 is 2.85 bits per heavy atom. The maximum atomic E-state index is 12.3. The van der Waals surface area contributed by atoms with E-state index in [0.29, 0.717) is 17.9 Å². The molecule has 0 heterocycles. The van der Waals surface area contributed by atoms with Gasteiger partial charge in [0.05, 0.1) is 18.8 Å². The molecular formula is C16H23NO3. The average Bonchev–Trinajstić information content (AvgIpc) is 2.46. The van der Waals surface area contributed by atoms with Gasteiger partial charge in [0.25, 0.3) is 5.91 Å². The fraction of sp³-hybridized carbons (Fsp3) is 0.562. The van der Waals surface area contributed by atoms with Crippen LogP contribution in [0.25, 0.3) is 0 Å². The molecule has 1 saturated carbocycles. The van der Waals surface area contributed by atoms with E-state index in [2.05, 4.69) is 5.32 Å². The van der Waals surface area contributed by atoms with Crippen LogP contribution in [0, 0.1) is 12.8 Å². The maximum absolute atomic E-state index is 12.3. The Labute approximate surface area is 120 Å². The van der Waals surface area contributed by atoms with Crippen molar-refractivity contribution in [3.8, 4) is 5.75 Å². The van der Waals surface area contributed by atoms with E-state index in [1.807, 2.05) is 19.1 Å². The SMILES string of the molecule is COc1ccc(C)cc1C(=O)NCC1CCCCC1O. The van der Waals surface area contributed by atoms with Gasteiger partial charge in [-0.25, -0.2) is 0 Å². The maximum Gasteiger partial charge on any atom is 0.255 e. The Bertz CT molecular complexity index is 473. The van der Waals surface area contributed by atoms with E-state index in [-0.39, 0.29) is 17.9 Å². The predicted octanol–water partition coefficient (Wildman–Crippen LogP) is 2.28. The number of nitrogens with one attached hydrogen (secondary N) is 1. The number of carbonyl (C=O) groups is 1. The summed E-state index contributed by atoms with van der Waals surface area (Å²) in [6, 6.07) is 5.55. The van der Waals surface area contributed by atoms with Crippen molar-refractivity contribution in [2.75, 3.05) is 13.7 Å². The second-order valence-electron chi connectivity index (χ2n) is 5.53. The summed E-state index contributed by atoms with van der Waals surface area (Å²) >= 11 is 0. The van der Waals surface area contributed by atoms with Gasteiger partial charge >= 0.3 is 0 Å². The first kappa shape index (κ1) is 14.9. The van der Waals surface area contributed by atoms with E-state index in [1.54, 1.807) is 13.2 Å². The van der Waals surface area contributed by atoms with Crippen molar-refractivity contribution >= 4 is 5.91 Å². The number of hydrogen-bond acceptors (Lipinski definition) is 3. The van der Waals surface area contributed by atoms with Crippen molar-refractivity contribution in [1.82, 2.24) is 5.32 Å². The molecule has 0 saturated heterocycles. The molecule has 110 valence electrons. The molecule has 2 rings (SSSR count). The van der Waals surface area contributed by atoms with Crippen molar-refractivity contribution in [2.24, 2.45) is 5.92 Å². The standard InChI is InChI=1S/C16H23NO3/c1-11-7-8-15(20-2)13(9-11)16(19)17-10-12-5-3-4-6-14(12)18/h7-9,12,14,18H,3-6,10H2,1-2H3,(H,17,19). The van der Waals surface area contributed by atoms with Crippen molar-refractivity contribution in [3.63, 3.8) is 0 Å². The van der Waals surface area contributed by atoms with E-state index >= 15 is 0 Å². The van der Waals surface area contributed by atoms with Crippen LogP contribution in [0.1, 0.15) is 41.6 Å². The highest BCUT2D eigenvalue weighted by Crippen LogP contribution is 2.24. The topological polar surface area (TPSA) is 58.6 Å². The average molecular weight is 277 g/mol. The molecule has 2 unspecified atom stereocenters. The van der Waals surface area contributed by atoms with Gasteiger partial charge in [-0.2, -0.15) is 0 Å². The van der Waals surface area contributed by atoms with Crippen LogP contribution in [0.3, 0.4) is 0 Å². The molecule has 0 spiro atoms. The molecule has 1 fully saturated rings. The van der Waals surface area contributed by atoms with Crippen molar-refractivity contribution in [1.29, 1.82) is 0 Å². The molecule has 2 N–H and O–H groups in total. The summed E-state index contributed by atoms with van der Waals surface area (Å²) in [7, 11) is 1.56. The molecule has 2 atom stereocenters. The monoisotopic (exact) mass is 277 g/mol. The fourth-order valence-electron chi connectivity index (χ4n) is 2.74. The lowest BCUT2D eigenvalue weighted by Gasteiger charge is -2.27. The smallest absolute Gasteiger partial charge is 0.255 e. The molecule has 0 aliphatic heterocycles. The largest absolute Gasteiger partial charge is 0.496 e. The number of aryl methyl sites for hydroxylation is 1. The van der Waals surface area contributed by atoms with Gasteiger partial charge in [0.15, 0.2) is 0 Å². The van der Waals surface area contributed by atoms with Gasteiger partial charge in [-0.05, 0) is 31.9 Å². The third-order valence-electron chi connectivity index (χ3n) is 3.99. The van der Waals surface area contributed by atoms with Crippen LogP contribution in [0.4, 0.5) is 0 Å². The van der Waals surface area contributed by atoms with Gasteiger partial charge in [-0.1, -0.05) is 24.5 Å². The Morgan fingerprint density at radius 2 is 2.15 bits per heavy atom. The Hall–Kier alpha value is -1.55. The summed E-state index contributed by atoms with van der Waals surface area (Å²) < 4.78 is 5.22. The minimum Gasteiger partial charge on any atom is -0.496 e. The zero-order chi connectivity index (χ0) is 14.5. The molecule has 1 aromatic rings. The Kier molecular flexibility index (Phi) is 5.01. The summed E-state index contributed by atoms with van der Waals surface area (Å²) in [6.45, 7) is 2.47. The first-order chi connectivity index (χ1) is 9.61. The highest BCUT2D eigenvalue weighted by Gasteiger charge is 2.24. The number of methoxy groups -OCH3 is 1. The zero-order valence-electron chi connectivity index (χ0n) is 12.2. The molecule has 4 nitrogen and oxygen atoms in total. The lowest BCUT2D eigenvalue weighted by atomic mass is 9.86. The number of benzene rings is 1. The predicted molar refractivity (Wildman–Crippen MR) is 78.0 cm³/mol. The number of hydrogen-bond donors (Lipinski definition) is 2. The van der Waals surface area contributed by atoms with E-state index in [0.717, 1.165) is 31.2 Å². The summed E-state index contributed by atoms with van der Waals surface area (Å²) in [5.74, 6) is 0.615. The van der Waals surface area contributed by atoms with E-state index < -0.39 is 0 Å². The first-order valence-corrected chi connectivity index (χ1v) is 7.22. The molecule has 20 heavy (non-hydrogen) atoms. The summed E-state index contributed by atoms with van der Waals surface area (Å²) in [4.78, 5) is 12.3. The van der Waals surface area contributed by atoms with E-state index in [4.69, 9.17) is 4.74 Å². The minimum absolute atomic E-state index is 0.136. The van der Waals surface area contributed by atoms with Crippen LogP contribution >= 0.6 is 0 Å². The van der Waals surface area contributed by atoms with E-state index in [1.165, 1.54) is 0 Å². The number of amides is 1. The molecule has 0 aromatic heterocycles. The summed E-state index contributed by atoms with van der Waals surface area (Å²) in [5.41, 5.74) is 1.58. The number of rotatable bonds is 4. The summed E-state index contributed by atoms with van der Waals surface area (Å²) in [6.07, 6.45) is 3.74. The lowest BCUT2D eigenvalue weighted by Crippen LogP contribution is -2.36. The number of ether oxygens (including phenoxy) is 1. The molecule has 1 aromatic carbocycles. The van der Waals surface area contributed by atoms with Crippen molar-refractivity contribution in [2.45, 2.75) is 38.7 Å². The van der Waals surface area contributed by atoms with Crippen molar-refractivity contribution in [3.05, 3.63) is 29.3 Å². The second-order valence-corrected chi connectivity index (χ2v) is 5.53. The van der Waals surface area contributed by atoms with Crippen LogP contribution in [-0.4, -0.2) is 30.8 Å². The molecule has 4 heteroatoms. The Morgan fingerprint density at radius 1 is 1.40 bits per heavy atom. The fourth-order valence-corrected chi connectivity index (χ4v) is 2.74. The molecule has 1 amide bonds. The zero-order valence-corrected chi connectivity index (χ0v) is 12.2. The molecule has 1 aliphatic carbocycles. The van der Waals surface area contributed by atoms with Gasteiger partial charge < -0.3 is 15.2 Å². The highest BCUT2D eigenvalue weighted by atomic mass is 16.5. The van der Waals surface area contributed by atoms with Crippen LogP contribution in [0.2, 0.25) is 0 Å². The highest BCUT2D eigenvalue weighted by molar-refractivity contribution is 5.97. The molecule has 1 aliphatic rings. The lowest BCUT2D eigenvalue weighted by molar-refractivity contribution is 0.0662. The first-order valence-electron chi connectivity index (χ1n) is 7.22. The molecule has 0 radical (unpaired) electrons. The second kappa shape index (κ2) is 6.75. The minimum atomic E-state index is -0.288. The van der Waals surface area contributed by atoms with Gasteiger partial charge in [0.1, 0.15) is 5.75 Å². The van der Waals surface area contributed by atoms with E-state index in [9.17, 15) is 9.90 Å². The molecular weight excluding hydrogens is 254 g/mol. The third-order valence-corrected chi connectivity index (χ3v) is 3.99. The van der Waals surface area contributed by atoms with Gasteiger partial charge in [0, 0.05) is 12.5 Å². The van der Waals surface area contributed by atoms with Crippen LogP contribution in [-0.2, 0) is 0 Å². The van der Waals surface area contributed by atoms with Crippen LogP contribution < -0.4 is 10.1 Å². The third kappa shape index (κ3) is 3.51. The Balaban J connectivity index is 1.99. The number of aliphatic hydroxyl groups excluding tert-OH is 1. The quantitative estimate of drug-likeness (QED) is 0.887. The van der Waals surface area contributed by atoms with Gasteiger partial charge in [-0.15, -0.1) is 0 Å². The van der Waals surface area contributed by atoms with Crippen LogP contribution in [0.15, 0.2) is 18.2 Å². The normalized spacial score (nSPS) is 22.4. The molecule has 0 bridgehead atoms. The summed E-state index contributed by atoms with van der Waals surface area (Å²) in [5, 5.41) is 12.8. The van der Waals surface area contributed by atoms with Gasteiger partial charge in [0.2, 0.25) is 0 Å². The van der Waals surface area contributed by atoms with Crippen molar-refractivity contribution < 1.29 is 14.6 Å². The number of carbonyl (C=O) groups excluding carboxylic acids is 1. The number of aliphatic hydroxyl groups is 1.